The second kappa shape index (κ2) is 9.08. The van der Waals surface area contributed by atoms with Gasteiger partial charge in [0.05, 0.1) is 11.5 Å². The van der Waals surface area contributed by atoms with Crippen LogP contribution in [0.15, 0.2) is 34.2 Å². The molecule has 0 radical (unpaired) electrons. The quantitative estimate of drug-likeness (QED) is 0.574. The Balaban J connectivity index is 1.67. The molecule has 0 atom stereocenters. The Morgan fingerprint density at radius 3 is 2.70 bits per heavy atom. The van der Waals surface area contributed by atoms with Crippen LogP contribution in [0.2, 0.25) is 0 Å². The van der Waals surface area contributed by atoms with E-state index in [0.29, 0.717) is 37.7 Å². The number of hydrogen-bond acceptors (Lipinski definition) is 5. The molecule has 0 unspecified atom stereocenters. The maximum Gasteiger partial charge on any atom is 0.286 e. The molecule has 7 heteroatoms. The largest absolute Gasteiger partial charge is 0.493 e. The summed E-state index contributed by atoms with van der Waals surface area (Å²) in [5, 5.41) is 0.721. The monoisotopic (exact) mass is 387 g/mol. The van der Waals surface area contributed by atoms with Gasteiger partial charge in [-0.15, -0.1) is 0 Å². The van der Waals surface area contributed by atoms with Crippen LogP contribution in [0.1, 0.15) is 32.3 Å². The predicted molar refractivity (Wildman–Crippen MR) is 109 cm³/mol. The van der Waals surface area contributed by atoms with E-state index in [1.165, 1.54) is 11.8 Å². The molecular formula is C20H25N3O3S. The number of carbonyl (C=O) groups excluding carboxylic acids is 2. The summed E-state index contributed by atoms with van der Waals surface area (Å²) >= 11 is 1.40. The summed E-state index contributed by atoms with van der Waals surface area (Å²) in [7, 11) is 0. The Kier molecular flexibility index (Phi) is 6.55. The van der Waals surface area contributed by atoms with E-state index >= 15 is 0 Å². The van der Waals surface area contributed by atoms with E-state index in [-0.39, 0.29) is 11.8 Å². The molecule has 1 aromatic rings. The summed E-state index contributed by atoms with van der Waals surface area (Å²) in [6.07, 6.45) is 3.93. The van der Waals surface area contributed by atoms with Crippen molar-refractivity contribution in [3.05, 3.63) is 34.7 Å². The minimum atomic E-state index is -0.215. The smallest absolute Gasteiger partial charge is 0.286 e. The standard InChI is InChI=1S/C20H25N3O3S/c1-3-4-13-26-17-8-6-5-7-16(17)14-18-19(25)21-20(27-18)23-11-9-22(10-12-23)15(2)24/h5-8,14H,3-4,9-13H2,1-2H3. The zero-order valence-corrected chi connectivity index (χ0v) is 16.6. The molecular weight excluding hydrogens is 362 g/mol. The minimum Gasteiger partial charge on any atom is -0.493 e. The Hall–Kier alpha value is -2.28. The molecule has 1 aromatic carbocycles. The van der Waals surface area contributed by atoms with Crippen LogP contribution in [-0.4, -0.2) is 59.6 Å². The topological polar surface area (TPSA) is 62.2 Å². The van der Waals surface area contributed by atoms with Crippen molar-refractivity contribution in [2.75, 3.05) is 32.8 Å². The zero-order valence-electron chi connectivity index (χ0n) is 15.8. The lowest BCUT2D eigenvalue weighted by Gasteiger charge is -2.34. The zero-order chi connectivity index (χ0) is 19.2. The third-order valence-electron chi connectivity index (χ3n) is 4.57. The first-order valence-corrected chi connectivity index (χ1v) is 10.1. The van der Waals surface area contributed by atoms with Gasteiger partial charge in [0.1, 0.15) is 5.75 Å². The average molecular weight is 388 g/mol. The molecule has 6 nitrogen and oxygen atoms in total. The molecule has 1 saturated heterocycles. The van der Waals surface area contributed by atoms with Gasteiger partial charge in [-0.3, -0.25) is 9.59 Å². The van der Waals surface area contributed by atoms with Crippen molar-refractivity contribution in [1.29, 1.82) is 0 Å². The highest BCUT2D eigenvalue weighted by molar-refractivity contribution is 8.18. The van der Waals surface area contributed by atoms with Crippen molar-refractivity contribution in [2.45, 2.75) is 26.7 Å². The summed E-state index contributed by atoms with van der Waals surface area (Å²) in [5.41, 5.74) is 0.891. The number of benzene rings is 1. The normalized spacial score (nSPS) is 18.8. The van der Waals surface area contributed by atoms with Crippen molar-refractivity contribution in [3.8, 4) is 5.75 Å². The van der Waals surface area contributed by atoms with Gasteiger partial charge in [0, 0.05) is 38.7 Å². The summed E-state index contributed by atoms with van der Waals surface area (Å²) in [5.74, 6) is 0.662. The van der Waals surface area contributed by atoms with Gasteiger partial charge in [-0.05, 0) is 30.3 Å². The lowest BCUT2D eigenvalue weighted by atomic mass is 10.2. The molecule has 0 aliphatic carbocycles. The number of hydrogen-bond donors (Lipinski definition) is 0. The van der Waals surface area contributed by atoms with Crippen molar-refractivity contribution < 1.29 is 14.3 Å². The molecule has 2 heterocycles. The van der Waals surface area contributed by atoms with E-state index in [1.54, 1.807) is 6.92 Å². The number of amidine groups is 1. The number of thioether (sulfide) groups is 1. The van der Waals surface area contributed by atoms with Crippen molar-refractivity contribution in [3.63, 3.8) is 0 Å². The fourth-order valence-electron chi connectivity index (χ4n) is 2.94. The highest BCUT2D eigenvalue weighted by atomic mass is 32.2. The number of nitrogens with zero attached hydrogens (tertiary/aromatic N) is 3. The molecule has 0 aromatic heterocycles. The van der Waals surface area contributed by atoms with E-state index in [2.05, 4.69) is 16.8 Å². The number of para-hydroxylation sites is 1. The van der Waals surface area contributed by atoms with Crippen molar-refractivity contribution in [1.82, 2.24) is 9.80 Å². The summed E-state index contributed by atoms with van der Waals surface area (Å²) in [4.78, 5) is 32.5. The van der Waals surface area contributed by atoms with Gasteiger partial charge in [-0.2, -0.15) is 4.99 Å². The summed E-state index contributed by atoms with van der Waals surface area (Å²) in [6, 6.07) is 7.75. The molecule has 2 aliphatic rings. The maximum atomic E-state index is 12.4. The van der Waals surface area contributed by atoms with Crippen LogP contribution < -0.4 is 4.74 Å². The minimum absolute atomic E-state index is 0.0898. The van der Waals surface area contributed by atoms with Gasteiger partial charge in [0.2, 0.25) is 5.91 Å². The molecule has 3 rings (SSSR count). The molecule has 27 heavy (non-hydrogen) atoms. The molecule has 1 fully saturated rings. The third-order valence-corrected chi connectivity index (χ3v) is 5.61. The first-order chi connectivity index (χ1) is 13.1. The Labute approximate surface area is 164 Å². The first kappa shape index (κ1) is 19.5. The summed E-state index contributed by atoms with van der Waals surface area (Å²) in [6.45, 7) is 7.10. The summed E-state index contributed by atoms with van der Waals surface area (Å²) < 4.78 is 5.85. The second-order valence-corrected chi connectivity index (χ2v) is 7.55. The fraction of sp³-hybridized carbons (Fsp3) is 0.450. The van der Waals surface area contributed by atoms with Gasteiger partial charge in [0.25, 0.3) is 5.91 Å². The third kappa shape index (κ3) is 4.91. The molecule has 0 saturated carbocycles. The highest BCUT2D eigenvalue weighted by Gasteiger charge is 2.29. The number of rotatable bonds is 5. The van der Waals surface area contributed by atoms with Crippen LogP contribution in [0, 0.1) is 0 Å². The average Bonchev–Trinajstić information content (AvgIpc) is 3.04. The van der Waals surface area contributed by atoms with Gasteiger partial charge in [0.15, 0.2) is 5.17 Å². The van der Waals surface area contributed by atoms with Crippen LogP contribution in [0.5, 0.6) is 5.75 Å². The predicted octanol–water partition coefficient (Wildman–Crippen LogP) is 3.00. The SMILES string of the molecule is CCCCOc1ccccc1C=C1SC(N2CCN(C(C)=O)CC2)=NC1=O. The number of ether oxygens (including phenoxy) is 1. The Morgan fingerprint density at radius 1 is 1.26 bits per heavy atom. The number of piperazine rings is 1. The van der Waals surface area contributed by atoms with Crippen LogP contribution in [-0.2, 0) is 9.59 Å². The van der Waals surface area contributed by atoms with Crippen molar-refractivity contribution >= 4 is 34.8 Å². The number of amides is 2. The number of unbranched alkanes of at least 4 members (excludes halogenated alkanes) is 1. The van der Waals surface area contributed by atoms with Crippen LogP contribution in [0.4, 0.5) is 0 Å². The van der Waals surface area contributed by atoms with Gasteiger partial charge in [-0.25, -0.2) is 0 Å². The molecule has 2 aliphatic heterocycles. The van der Waals surface area contributed by atoms with E-state index in [4.69, 9.17) is 4.74 Å². The maximum absolute atomic E-state index is 12.4. The molecule has 0 N–H and O–H groups in total. The van der Waals surface area contributed by atoms with E-state index in [1.807, 2.05) is 35.2 Å². The Morgan fingerprint density at radius 2 is 2.00 bits per heavy atom. The molecule has 2 amide bonds. The fourth-order valence-corrected chi connectivity index (χ4v) is 3.90. The molecule has 0 bridgehead atoms. The van der Waals surface area contributed by atoms with Gasteiger partial charge < -0.3 is 14.5 Å². The highest BCUT2D eigenvalue weighted by Crippen LogP contribution is 2.32. The van der Waals surface area contributed by atoms with E-state index < -0.39 is 0 Å². The first-order valence-electron chi connectivity index (χ1n) is 9.33. The van der Waals surface area contributed by atoms with Gasteiger partial charge >= 0.3 is 0 Å². The van der Waals surface area contributed by atoms with Crippen LogP contribution in [0.3, 0.4) is 0 Å². The second-order valence-electron chi connectivity index (χ2n) is 6.54. The van der Waals surface area contributed by atoms with Gasteiger partial charge in [-0.1, -0.05) is 31.5 Å². The lowest BCUT2D eigenvalue weighted by molar-refractivity contribution is -0.130. The molecule has 144 valence electrons. The lowest BCUT2D eigenvalue weighted by Crippen LogP contribution is -2.49. The Bertz CT molecular complexity index is 767. The number of aliphatic imine (C=N–C) groups is 1. The van der Waals surface area contributed by atoms with E-state index in [0.717, 1.165) is 29.3 Å². The van der Waals surface area contributed by atoms with Crippen LogP contribution in [0.25, 0.3) is 6.08 Å². The van der Waals surface area contributed by atoms with Crippen molar-refractivity contribution in [2.24, 2.45) is 4.99 Å². The van der Waals surface area contributed by atoms with Crippen LogP contribution >= 0.6 is 11.8 Å². The van der Waals surface area contributed by atoms with E-state index in [9.17, 15) is 9.59 Å². The number of carbonyl (C=O) groups is 2. The molecule has 0 spiro atoms.